The lowest BCUT2D eigenvalue weighted by atomic mass is 10.3. The SMILES string of the molecule is CCCNc1ncc(C)c(NCc2cscn2)n1. The first kappa shape index (κ1) is 12.8. The predicted molar refractivity (Wildman–Crippen MR) is 75.0 cm³/mol. The molecular weight excluding hydrogens is 246 g/mol. The normalized spacial score (nSPS) is 10.3. The molecule has 2 aromatic heterocycles. The van der Waals surface area contributed by atoms with Crippen LogP contribution in [-0.4, -0.2) is 21.5 Å². The van der Waals surface area contributed by atoms with Crippen LogP contribution in [0.4, 0.5) is 11.8 Å². The van der Waals surface area contributed by atoms with Crippen LogP contribution in [0, 0.1) is 6.92 Å². The zero-order chi connectivity index (χ0) is 12.8. The Kier molecular flexibility index (Phi) is 4.46. The van der Waals surface area contributed by atoms with Crippen LogP contribution in [0.3, 0.4) is 0 Å². The molecule has 0 unspecified atom stereocenters. The summed E-state index contributed by atoms with van der Waals surface area (Å²) in [5.74, 6) is 1.53. The average Bonchev–Trinajstić information content (AvgIpc) is 2.89. The third-order valence-corrected chi connectivity index (χ3v) is 3.06. The lowest BCUT2D eigenvalue weighted by Crippen LogP contribution is -2.09. The van der Waals surface area contributed by atoms with Crippen molar-refractivity contribution in [3.63, 3.8) is 0 Å². The maximum atomic E-state index is 4.45. The molecule has 0 atom stereocenters. The first-order valence-electron chi connectivity index (χ1n) is 5.98. The number of hydrogen-bond donors (Lipinski definition) is 2. The van der Waals surface area contributed by atoms with Gasteiger partial charge in [0.05, 0.1) is 17.7 Å². The zero-order valence-corrected chi connectivity index (χ0v) is 11.4. The second kappa shape index (κ2) is 6.30. The van der Waals surface area contributed by atoms with E-state index < -0.39 is 0 Å². The molecule has 2 N–H and O–H groups in total. The van der Waals surface area contributed by atoms with E-state index in [9.17, 15) is 0 Å². The van der Waals surface area contributed by atoms with E-state index >= 15 is 0 Å². The Labute approximate surface area is 111 Å². The van der Waals surface area contributed by atoms with Crippen LogP contribution in [0.15, 0.2) is 17.1 Å². The Bertz CT molecular complexity index is 483. The van der Waals surface area contributed by atoms with Gasteiger partial charge in [-0.2, -0.15) is 4.98 Å². The van der Waals surface area contributed by atoms with Gasteiger partial charge in [-0.25, -0.2) is 9.97 Å². The molecule has 0 aliphatic heterocycles. The molecule has 6 heteroatoms. The largest absolute Gasteiger partial charge is 0.364 e. The fourth-order valence-corrected chi connectivity index (χ4v) is 2.00. The van der Waals surface area contributed by atoms with E-state index in [-0.39, 0.29) is 0 Å². The van der Waals surface area contributed by atoms with Crippen LogP contribution in [-0.2, 0) is 6.54 Å². The summed E-state index contributed by atoms with van der Waals surface area (Å²) in [5.41, 5.74) is 3.89. The van der Waals surface area contributed by atoms with E-state index in [1.54, 1.807) is 11.3 Å². The van der Waals surface area contributed by atoms with Gasteiger partial charge in [-0.3, -0.25) is 0 Å². The molecule has 0 spiro atoms. The summed E-state index contributed by atoms with van der Waals surface area (Å²) in [5, 5.41) is 8.49. The number of rotatable bonds is 6. The summed E-state index contributed by atoms with van der Waals surface area (Å²) in [6.45, 7) is 5.68. The van der Waals surface area contributed by atoms with E-state index in [1.807, 2.05) is 24.0 Å². The van der Waals surface area contributed by atoms with Gasteiger partial charge in [0.1, 0.15) is 5.82 Å². The highest BCUT2D eigenvalue weighted by Crippen LogP contribution is 2.14. The molecule has 0 bridgehead atoms. The Hall–Kier alpha value is -1.69. The Balaban J connectivity index is 2.01. The van der Waals surface area contributed by atoms with Gasteiger partial charge < -0.3 is 10.6 Å². The molecule has 0 aromatic carbocycles. The molecule has 0 aliphatic carbocycles. The fraction of sp³-hybridized carbons (Fsp3) is 0.417. The van der Waals surface area contributed by atoms with Crippen LogP contribution < -0.4 is 10.6 Å². The first-order valence-corrected chi connectivity index (χ1v) is 6.92. The predicted octanol–water partition coefficient (Wildman–Crippen LogP) is 2.68. The number of aromatic nitrogens is 3. The smallest absolute Gasteiger partial charge is 0.224 e. The standard InChI is InChI=1S/C12H17N5S/c1-3-4-13-12-15-5-9(2)11(17-12)14-6-10-7-18-8-16-10/h5,7-8H,3-4,6H2,1-2H3,(H2,13,14,15,17). The minimum absolute atomic E-state index is 0.670. The molecule has 0 saturated heterocycles. The highest BCUT2D eigenvalue weighted by Gasteiger charge is 2.03. The lowest BCUT2D eigenvalue weighted by Gasteiger charge is -2.09. The summed E-state index contributed by atoms with van der Waals surface area (Å²) in [6, 6.07) is 0. The molecule has 0 amide bonds. The van der Waals surface area contributed by atoms with Crippen molar-refractivity contribution >= 4 is 23.1 Å². The van der Waals surface area contributed by atoms with Crippen LogP contribution in [0.5, 0.6) is 0 Å². The number of nitrogens with one attached hydrogen (secondary N) is 2. The van der Waals surface area contributed by atoms with Crippen molar-refractivity contribution in [2.75, 3.05) is 17.2 Å². The maximum absolute atomic E-state index is 4.45. The Morgan fingerprint density at radius 2 is 2.17 bits per heavy atom. The Morgan fingerprint density at radius 1 is 1.28 bits per heavy atom. The highest BCUT2D eigenvalue weighted by atomic mass is 32.1. The van der Waals surface area contributed by atoms with Gasteiger partial charge in [0.15, 0.2) is 0 Å². The first-order chi connectivity index (χ1) is 8.79. The van der Waals surface area contributed by atoms with E-state index in [2.05, 4.69) is 32.5 Å². The van der Waals surface area contributed by atoms with Crippen molar-refractivity contribution in [1.82, 2.24) is 15.0 Å². The van der Waals surface area contributed by atoms with E-state index in [0.717, 1.165) is 30.0 Å². The summed E-state index contributed by atoms with van der Waals surface area (Å²) < 4.78 is 0. The molecule has 96 valence electrons. The molecule has 0 radical (unpaired) electrons. The van der Waals surface area contributed by atoms with E-state index in [0.29, 0.717) is 12.5 Å². The molecule has 18 heavy (non-hydrogen) atoms. The van der Waals surface area contributed by atoms with Gasteiger partial charge in [0, 0.05) is 23.7 Å². The molecular formula is C12H17N5S. The number of nitrogens with zero attached hydrogens (tertiary/aromatic N) is 3. The van der Waals surface area contributed by atoms with Gasteiger partial charge in [-0.1, -0.05) is 6.92 Å². The van der Waals surface area contributed by atoms with Crippen molar-refractivity contribution in [3.8, 4) is 0 Å². The van der Waals surface area contributed by atoms with Crippen LogP contribution >= 0.6 is 11.3 Å². The van der Waals surface area contributed by atoms with Crippen molar-refractivity contribution in [2.24, 2.45) is 0 Å². The molecule has 2 aromatic rings. The van der Waals surface area contributed by atoms with Gasteiger partial charge in [0.2, 0.25) is 5.95 Å². The lowest BCUT2D eigenvalue weighted by molar-refractivity contribution is 0.945. The fourth-order valence-electron chi connectivity index (χ4n) is 1.44. The molecule has 2 heterocycles. The van der Waals surface area contributed by atoms with Gasteiger partial charge in [-0.15, -0.1) is 11.3 Å². The van der Waals surface area contributed by atoms with Crippen molar-refractivity contribution in [1.29, 1.82) is 0 Å². The van der Waals surface area contributed by atoms with Crippen LogP contribution in [0.2, 0.25) is 0 Å². The van der Waals surface area contributed by atoms with Crippen LogP contribution in [0.1, 0.15) is 24.6 Å². The van der Waals surface area contributed by atoms with Crippen molar-refractivity contribution in [2.45, 2.75) is 26.8 Å². The zero-order valence-electron chi connectivity index (χ0n) is 10.6. The Morgan fingerprint density at radius 3 is 2.89 bits per heavy atom. The molecule has 0 fully saturated rings. The number of anilines is 2. The topological polar surface area (TPSA) is 62.7 Å². The molecule has 2 rings (SSSR count). The third-order valence-electron chi connectivity index (χ3n) is 2.43. The molecule has 5 nitrogen and oxygen atoms in total. The molecule has 0 aliphatic rings. The minimum atomic E-state index is 0.670. The van der Waals surface area contributed by atoms with E-state index in [4.69, 9.17) is 0 Å². The average molecular weight is 263 g/mol. The number of aryl methyl sites for hydroxylation is 1. The van der Waals surface area contributed by atoms with E-state index in [1.165, 1.54) is 0 Å². The minimum Gasteiger partial charge on any atom is -0.364 e. The molecule has 0 saturated carbocycles. The van der Waals surface area contributed by atoms with Gasteiger partial charge >= 0.3 is 0 Å². The number of hydrogen-bond acceptors (Lipinski definition) is 6. The van der Waals surface area contributed by atoms with Crippen molar-refractivity contribution in [3.05, 3.63) is 28.3 Å². The summed E-state index contributed by atoms with van der Waals surface area (Å²) in [7, 11) is 0. The van der Waals surface area contributed by atoms with Crippen molar-refractivity contribution < 1.29 is 0 Å². The third kappa shape index (κ3) is 3.40. The second-order valence-electron chi connectivity index (χ2n) is 3.99. The second-order valence-corrected chi connectivity index (χ2v) is 4.70. The number of thiazole rings is 1. The quantitative estimate of drug-likeness (QED) is 0.839. The van der Waals surface area contributed by atoms with Gasteiger partial charge in [-0.05, 0) is 13.3 Å². The van der Waals surface area contributed by atoms with Crippen LogP contribution in [0.25, 0.3) is 0 Å². The van der Waals surface area contributed by atoms with Gasteiger partial charge in [0.25, 0.3) is 0 Å². The summed E-state index contributed by atoms with van der Waals surface area (Å²) in [6.07, 6.45) is 2.88. The monoisotopic (exact) mass is 263 g/mol. The maximum Gasteiger partial charge on any atom is 0.224 e. The summed E-state index contributed by atoms with van der Waals surface area (Å²) in [4.78, 5) is 12.9. The highest BCUT2D eigenvalue weighted by molar-refractivity contribution is 7.07. The summed E-state index contributed by atoms with van der Waals surface area (Å²) >= 11 is 1.60.